The zero-order valence-corrected chi connectivity index (χ0v) is 34.4. The molecule has 0 aliphatic carbocycles. The molecule has 0 unspecified atom stereocenters. The van der Waals surface area contributed by atoms with Crippen molar-refractivity contribution in [1.82, 2.24) is 30.0 Å². The van der Waals surface area contributed by atoms with Gasteiger partial charge in [0.05, 0.1) is 8.95 Å². The van der Waals surface area contributed by atoms with Crippen molar-refractivity contribution in [3.05, 3.63) is 97.4 Å². The van der Waals surface area contributed by atoms with Crippen LogP contribution in [0.25, 0.3) is 10.9 Å². The summed E-state index contributed by atoms with van der Waals surface area (Å²) >= 11 is 6.81. The van der Waals surface area contributed by atoms with Gasteiger partial charge in [0, 0.05) is 74.9 Å². The van der Waals surface area contributed by atoms with Crippen LogP contribution in [0.5, 0.6) is 5.75 Å². The lowest BCUT2D eigenvalue weighted by Gasteiger charge is -2.45. The number of piperidine rings is 2. The van der Waals surface area contributed by atoms with Gasteiger partial charge >= 0.3 is 6.03 Å². The summed E-state index contributed by atoms with van der Waals surface area (Å²) in [5, 5.41) is 14.8. The normalized spacial score (nSPS) is 18.1. The third kappa shape index (κ3) is 8.89. The Balaban J connectivity index is 1.20. The first kappa shape index (κ1) is 39.8. The van der Waals surface area contributed by atoms with Crippen LogP contribution in [0.4, 0.5) is 10.5 Å². The lowest BCUT2D eigenvalue weighted by atomic mass is 9.88. The average molecular weight is 893 g/mol. The number of aromatic nitrogens is 2. The number of halogens is 2. The number of phenols is 1. The Bertz CT molecular complexity index is 2070. The summed E-state index contributed by atoms with van der Waals surface area (Å²) in [7, 11) is 0. The highest BCUT2D eigenvalue weighted by molar-refractivity contribution is 9.11. The van der Waals surface area contributed by atoms with Gasteiger partial charge in [0.2, 0.25) is 11.8 Å². The molecule has 5 N–H and O–H groups in total. The fraction of sp³-hybridized carbons (Fsp3) is 0.439. The van der Waals surface area contributed by atoms with E-state index in [1.54, 1.807) is 29.4 Å². The van der Waals surface area contributed by atoms with Crippen molar-refractivity contribution in [2.24, 2.45) is 11.7 Å². The summed E-state index contributed by atoms with van der Waals surface area (Å²) in [6.45, 7) is 4.42. The Morgan fingerprint density at radius 2 is 1.54 bits per heavy atom. The number of aromatic amines is 1. The summed E-state index contributed by atoms with van der Waals surface area (Å²) in [6, 6.07) is 14.4. The first-order chi connectivity index (χ1) is 27.1. The molecule has 15 heteroatoms. The fourth-order valence-electron chi connectivity index (χ4n) is 8.51. The van der Waals surface area contributed by atoms with E-state index in [0.29, 0.717) is 78.6 Å². The van der Waals surface area contributed by atoms with Crippen molar-refractivity contribution in [1.29, 1.82) is 0 Å². The molecular formula is C41H48Br2N8O5. The number of hydrogen-bond acceptors (Lipinski definition) is 8. The molecule has 3 aliphatic rings. The third-order valence-electron chi connectivity index (χ3n) is 11.6. The van der Waals surface area contributed by atoms with Gasteiger partial charge in [0.1, 0.15) is 17.8 Å². The molecule has 56 heavy (non-hydrogen) atoms. The minimum absolute atomic E-state index is 0.00954. The van der Waals surface area contributed by atoms with Crippen molar-refractivity contribution in [3.8, 4) is 5.75 Å². The maximum absolute atomic E-state index is 15.1. The molecule has 3 aliphatic heterocycles. The number of amides is 4. The molecule has 7 rings (SSSR count). The topological polar surface area (TPSA) is 168 Å². The number of pyridine rings is 2. The van der Waals surface area contributed by atoms with E-state index < -0.39 is 24.0 Å². The van der Waals surface area contributed by atoms with E-state index in [0.717, 1.165) is 42.5 Å². The van der Waals surface area contributed by atoms with Crippen molar-refractivity contribution in [2.75, 3.05) is 57.3 Å². The average Bonchev–Trinajstić information content (AvgIpc) is 3.22. The number of rotatable bonds is 10. The van der Waals surface area contributed by atoms with Crippen LogP contribution < -0.4 is 21.5 Å². The Labute approximate surface area is 342 Å². The number of nitrogens with one attached hydrogen (secondary N) is 2. The Morgan fingerprint density at radius 3 is 2.20 bits per heavy atom. The standard InChI is InChI=1S/C41H48Br2N8O5/c42-32-21-27(22-33(43)37(32)52)24-35(38(44)53)51(41(56)50-15-9-28(10-16-50)31-25-29-3-1-2-4-34(29)47-39(31)54)36(23-26-5-11-45-12-6-26)40(55)49-19-17-48(18-20-49)30-7-13-46-14-8-30/h1-4,7-8,13-14,21-22,25-26,28,35-36,45,52H,5-6,9-12,15-20,23-24H2,(H2,44,53)(H,47,54)/t35-,36-/m1/s1. The van der Waals surface area contributed by atoms with Gasteiger partial charge in [-0.1, -0.05) is 18.2 Å². The van der Waals surface area contributed by atoms with Gasteiger partial charge in [-0.15, -0.1) is 0 Å². The van der Waals surface area contributed by atoms with Gasteiger partial charge in [0.15, 0.2) is 0 Å². The maximum Gasteiger partial charge on any atom is 0.321 e. The van der Waals surface area contributed by atoms with Crippen LogP contribution in [0.3, 0.4) is 0 Å². The lowest BCUT2D eigenvalue weighted by Crippen LogP contribution is -2.63. The SMILES string of the molecule is NC(=O)[C@@H](Cc1cc(Br)c(O)c(Br)c1)N(C(=O)N1CCC(c2cc3ccccc3[nH]c2=O)CC1)[C@H](CC1CCNCC1)C(=O)N1CCN(c2ccncc2)CC1. The van der Waals surface area contributed by atoms with Crippen molar-refractivity contribution >= 4 is 66.3 Å². The summed E-state index contributed by atoms with van der Waals surface area (Å²) in [6.07, 6.45) is 6.71. The van der Waals surface area contributed by atoms with Gasteiger partial charge in [-0.3, -0.25) is 19.4 Å². The number of primary amides is 1. The van der Waals surface area contributed by atoms with Crippen LogP contribution in [0.1, 0.15) is 49.1 Å². The zero-order chi connectivity index (χ0) is 39.3. The fourth-order valence-corrected chi connectivity index (χ4v) is 9.79. The summed E-state index contributed by atoms with van der Waals surface area (Å²) < 4.78 is 0.839. The van der Waals surface area contributed by atoms with Crippen LogP contribution in [0.2, 0.25) is 0 Å². The highest BCUT2D eigenvalue weighted by Crippen LogP contribution is 2.35. The first-order valence-corrected chi connectivity index (χ1v) is 21.0. The number of anilines is 1. The number of benzene rings is 2. The molecule has 0 saturated carbocycles. The molecule has 5 heterocycles. The number of fused-ring (bicyclic) bond motifs is 1. The van der Waals surface area contributed by atoms with Gasteiger partial charge in [0.25, 0.3) is 5.56 Å². The van der Waals surface area contributed by atoms with E-state index in [1.807, 2.05) is 47.4 Å². The molecule has 13 nitrogen and oxygen atoms in total. The number of nitrogens with two attached hydrogens (primary N) is 1. The van der Waals surface area contributed by atoms with Crippen molar-refractivity contribution < 1.29 is 19.5 Å². The van der Waals surface area contributed by atoms with E-state index in [2.05, 4.69) is 52.0 Å². The highest BCUT2D eigenvalue weighted by atomic mass is 79.9. The van der Waals surface area contributed by atoms with Crippen LogP contribution in [0, 0.1) is 5.92 Å². The predicted octanol–water partition coefficient (Wildman–Crippen LogP) is 4.96. The number of urea groups is 1. The largest absolute Gasteiger partial charge is 0.506 e. The molecule has 4 aromatic rings. The number of hydrogen-bond donors (Lipinski definition) is 4. The number of para-hydroxylation sites is 1. The second kappa shape index (κ2) is 17.8. The van der Waals surface area contributed by atoms with Gasteiger partial charge in [-0.05, 0) is 136 Å². The lowest BCUT2D eigenvalue weighted by molar-refractivity contribution is -0.139. The van der Waals surface area contributed by atoms with E-state index >= 15 is 4.79 Å². The Morgan fingerprint density at radius 1 is 0.875 bits per heavy atom. The van der Waals surface area contributed by atoms with Crippen molar-refractivity contribution in [3.63, 3.8) is 0 Å². The monoisotopic (exact) mass is 890 g/mol. The predicted molar refractivity (Wildman–Crippen MR) is 223 cm³/mol. The third-order valence-corrected chi connectivity index (χ3v) is 12.8. The van der Waals surface area contributed by atoms with Gasteiger partial charge in [-0.2, -0.15) is 0 Å². The molecule has 3 fully saturated rings. The number of carbonyl (C=O) groups is 3. The van der Waals surface area contributed by atoms with Crippen molar-refractivity contribution in [2.45, 2.75) is 56.5 Å². The van der Waals surface area contributed by atoms with E-state index in [4.69, 9.17) is 5.73 Å². The molecule has 4 amide bonds. The molecule has 2 atom stereocenters. The number of nitrogens with zero attached hydrogens (tertiary/aromatic N) is 5. The number of carbonyl (C=O) groups excluding carboxylic acids is 3. The Kier molecular flexibility index (Phi) is 12.6. The second-order valence-electron chi connectivity index (χ2n) is 15.1. The quantitative estimate of drug-likeness (QED) is 0.174. The number of piperazine rings is 1. The molecular weight excluding hydrogens is 844 g/mol. The second-order valence-corrected chi connectivity index (χ2v) is 16.8. The molecule has 296 valence electrons. The molecule has 0 spiro atoms. The summed E-state index contributed by atoms with van der Waals surface area (Å²) in [4.78, 5) is 71.4. The molecule has 0 radical (unpaired) electrons. The highest BCUT2D eigenvalue weighted by Gasteiger charge is 2.44. The number of likely N-dealkylation sites (tertiary alicyclic amines) is 1. The van der Waals surface area contributed by atoms with E-state index in [-0.39, 0.29) is 35.5 Å². The van der Waals surface area contributed by atoms with Crippen LogP contribution in [-0.4, -0.2) is 112 Å². The zero-order valence-electron chi connectivity index (χ0n) is 31.2. The smallest absolute Gasteiger partial charge is 0.321 e. The molecule has 0 bridgehead atoms. The molecule has 3 saturated heterocycles. The van der Waals surface area contributed by atoms with E-state index in [9.17, 15) is 19.5 Å². The van der Waals surface area contributed by atoms with Gasteiger partial charge < -0.3 is 40.7 Å². The minimum Gasteiger partial charge on any atom is -0.506 e. The van der Waals surface area contributed by atoms with E-state index in [1.165, 1.54) is 4.90 Å². The number of phenolic OH excluding ortho intramolecular Hbond substituents is 1. The maximum atomic E-state index is 15.1. The van der Waals surface area contributed by atoms with Crippen LogP contribution >= 0.6 is 31.9 Å². The summed E-state index contributed by atoms with van der Waals surface area (Å²) in [5.41, 5.74) is 9.26. The Hall–Kier alpha value is -4.47. The number of H-pyrrole nitrogens is 1. The molecule has 2 aromatic carbocycles. The molecule has 2 aromatic heterocycles. The summed E-state index contributed by atoms with van der Waals surface area (Å²) in [5.74, 6) is -0.821. The van der Waals surface area contributed by atoms with Crippen LogP contribution in [-0.2, 0) is 16.0 Å². The first-order valence-electron chi connectivity index (χ1n) is 19.4. The van der Waals surface area contributed by atoms with Gasteiger partial charge in [-0.25, -0.2) is 4.79 Å². The number of aromatic hydroxyl groups is 1. The minimum atomic E-state index is -1.17. The van der Waals surface area contributed by atoms with Crippen LogP contribution in [0.15, 0.2) is 80.7 Å².